The maximum absolute atomic E-state index is 12.6. The highest BCUT2D eigenvalue weighted by Gasteiger charge is 2.12. The number of thioether (sulfide) groups is 1. The largest absolute Gasteiger partial charge is 0.497 e. The second-order valence-electron chi connectivity index (χ2n) is 4.95. The van der Waals surface area contributed by atoms with Crippen LogP contribution >= 0.6 is 23.1 Å². The number of thiazole rings is 1. The number of carbonyl (C=O) groups is 1. The first kappa shape index (κ1) is 16.5. The molecule has 4 nitrogen and oxygen atoms in total. The molecule has 2 aromatic carbocycles. The molecule has 1 heterocycles. The zero-order chi connectivity index (χ0) is 16.8. The SMILES string of the molecule is COc1ccc(NC(=O)c2ccccc2SCc2cscn2)cc1. The molecule has 0 aliphatic rings. The summed E-state index contributed by atoms with van der Waals surface area (Å²) in [6.07, 6.45) is 0. The Bertz CT molecular complexity index is 802. The quantitative estimate of drug-likeness (QED) is 0.651. The first-order valence-corrected chi connectivity index (χ1v) is 9.23. The van der Waals surface area contributed by atoms with Gasteiger partial charge >= 0.3 is 0 Å². The molecule has 0 bridgehead atoms. The zero-order valence-electron chi connectivity index (χ0n) is 13.1. The lowest BCUT2D eigenvalue weighted by Crippen LogP contribution is -2.12. The molecule has 3 aromatic rings. The van der Waals surface area contributed by atoms with Gasteiger partial charge in [0.1, 0.15) is 5.75 Å². The van der Waals surface area contributed by atoms with Crippen LogP contribution in [-0.4, -0.2) is 18.0 Å². The minimum Gasteiger partial charge on any atom is -0.497 e. The van der Waals surface area contributed by atoms with Crippen LogP contribution in [0.5, 0.6) is 5.75 Å². The van der Waals surface area contributed by atoms with Gasteiger partial charge in [-0.3, -0.25) is 4.79 Å². The summed E-state index contributed by atoms with van der Waals surface area (Å²) in [5.74, 6) is 1.38. The highest BCUT2D eigenvalue weighted by atomic mass is 32.2. The fraction of sp³-hybridized carbons (Fsp3) is 0.111. The molecule has 0 fully saturated rings. The summed E-state index contributed by atoms with van der Waals surface area (Å²) >= 11 is 3.19. The van der Waals surface area contributed by atoms with E-state index in [1.54, 1.807) is 30.2 Å². The van der Waals surface area contributed by atoms with Crippen LogP contribution in [0.1, 0.15) is 16.1 Å². The minimum absolute atomic E-state index is 0.124. The average molecular weight is 356 g/mol. The number of benzene rings is 2. The second kappa shape index (κ2) is 7.99. The van der Waals surface area contributed by atoms with Gasteiger partial charge < -0.3 is 10.1 Å². The molecule has 3 rings (SSSR count). The Balaban J connectivity index is 1.71. The molecule has 1 amide bonds. The van der Waals surface area contributed by atoms with E-state index >= 15 is 0 Å². The van der Waals surface area contributed by atoms with E-state index < -0.39 is 0 Å². The first-order chi connectivity index (χ1) is 11.8. The molecule has 0 saturated heterocycles. The molecule has 1 aromatic heterocycles. The van der Waals surface area contributed by atoms with E-state index in [2.05, 4.69) is 10.3 Å². The lowest BCUT2D eigenvalue weighted by atomic mass is 10.2. The zero-order valence-corrected chi connectivity index (χ0v) is 14.7. The number of carbonyl (C=O) groups excluding carboxylic acids is 1. The monoisotopic (exact) mass is 356 g/mol. The minimum atomic E-state index is -0.124. The first-order valence-electron chi connectivity index (χ1n) is 7.30. The van der Waals surface area contributed by atoms with Gasteiger partial charge in [-0.15, -0.1) is 23.1 Å². The number of rotatable bonds is 6. The van der Waals surface area contributed by atoms with Gasteiger partial charge in [0.2, 0.25) is 0 Å². The molecule has 122 valence electrons. The number of hydrogen-bond acceptors (Lipinski definition) is 5. The molecule has 0 saturated carbocycles. The molecule has 6 heteroatoms. The van der Waals surface area contributed by atoms with Gasteiger partial charge in [-0.1, -0.05) is 12.1 Å². The summed E-state index contributed by atoms with van der Waals surface area (Å²) in [6.45, 7) is 0. The predicted molar refractivity (Wildman–Crippen MR) is 99.1 cm³/mol. The molecular formula is C18H16N2O2S2. The van der Waals surface area contributed by atoms with Gasteiger partial charge in [-0.25, -0.2) is 4.98 Å². The topological polar surface area (TPSA) is 51.2 Å². The van der Waals surface area contributed by atoms with Gasteiger partial charge in [-0.05, 0) is 36.4 Å². The smallest absolute Gasteiger partial charge is 0.256 e. The third-order valence-electron chi connectivity index (χ3n) is 3.34. The highest BCUT2D eigenvalue weighted by molar-refractivity contribution is 7.98. The van der Waals surface area contributed by atoms with Crippen molar-refractivity contribution in [3.63, 3.8) is 0 Å². The molecule has 0 spiro atoms. The standard InChI is InChI=1S/C18H16N2O2S2/c1-22-15-8-6-13(7-9-15)20-18(21)16-4-2-3-5-17(16)24-11-14-10-23-12-19-14/h2-10,12H,11H2,1H3,(H,20,21). The van der Waals surface area contributed by atoms with Crippen molar-refractivity contribution in [1.82, 2.24) is 4.98 Å². The van der Waals surface area contributed by atoms with Crippen molar-refractivity contribution in [2.75, 3.05) is 12.4 Å². The Labute approximate surface area is 148 Å². The van der Waals surface area contributed by atoms with Crippen molar-refractivity contribution < 1.29 is 9.53 Å². The Morgan fingerprint density at radius 3 is 2.71 bits per heavy atom. The van der Waals surface area contributed by atoms with Crippen LogP contribution in [0.25, 0.3) is 0 Å². The molecule has 1 N–H and O–H groups in total. The number of anilines is 1. The number of aromatic nitrogens is 1. The average Bonchev–Trinajstić information content (AvgIpc) is 3.14. The van der Waals surface area contributed by atoms with Crippen LogP contribution in [0.15, 0.2) is 64.3 Å². The van der Waals surface area contributed by atoms with E-state index in [4.69, 9.17) is 4.74 Å². The summed E-state index contributed by atoms with van der Waals surface area (Å²) < 4.78 is 5.12. The van der Waals surface area contributed by atoms with Crippen LogP contribution in [0.2, 0.25) is 0 Å². The molecule has 0 atom stereocenters. The lowest BCUT2D eigenvalue weighted by Gasteiger charge is -2.10. The molecule has 0 aliphatic heterocycles. The van der Waals surface area contributed by atoms with Gasteiger partial charge in [0, 0.05) is 21.7 Å². The van der Waals surface area contributed by atoms with Crippen molar-refractivity contribution in [2.45, 2.75) is 10.6 Å². The molecule has 0 radical (unpaired) electrons. The molecule has 24 heavy (non-hydrogen) atoms. The molecule has 0 unspecified atom stereocenters. The van der Waals surface area contributed by atoms with Crippen molar-refractivity contribution in [1.29, 1.82) is 0 Å². The van der Waals surface area contributed by atoms with Crippen LogP contribution in [0.3, 0.4) is 0 Å². The van der Waals surface area contributed by atoms with Crippen molar-refractivity contribution >= 4 is 34.7 Å². The highest BCUT2D eigenvalue weighted by Crippen LogP contribution is 2.27. The van der Waals surface area contributed by atoms with Gasteiger partial charge in [0.25, 0.3) is 5.91 Å². The van der Waals surface area contributed by atoms with Crippen LogP contribution in [-0.2, 0) is 5.75 Å². The third-order valence-corrected chi connectivity index (χ3v) is 5.08. The summed E-state index contributed by atoms with van der Waals surface area (Å²) in [5.41, 5.74) is 4.24. The fourth-order valence-corrected chi connectivity index (χ4v) is 3.73. The Morgan fingerprint density at radius 2 is 2.00 bits per heavy atom. The molecular weight excluding hydrogens is 340 g/mol. The summed E-state index contributed by atoms with van der Waals surface area (Å²) in [7, 11) is 1.61. The Hall–Kier alpha value is -2.31. The number of nitrogens with zero attached hydrogens (tertiary/aromatic N) is 1. The second-order valence-corrected chi connectivity index (χ2v) is 6.68. The van der Waals surface area contributed by atoms with Crippen LogP contribution in [0, 0.1) is 0 Å². The van der Waals surface area contributed by atoms with E-state index in [1.165, 1.54) is 0 Å². The maximum Gasteiger partial charge on any atom is 0.256 e. The van der Waals surface area contributed by atoms with E-state index in [9.17, 15) is 4.79 Å². The van der Waals surface area contributed by atoms with Crippen molar-refractivity contribution in [2.24, 2.45) is 0 Å². The van der Waals surface area contributed by atoms with E-state index in [-0.39, 0.29) is 5.91 Å². The van der Waals surface area contributed by atoms with Gasteiger partial charge in [0.15, 0.2) is 0 Å². The summed E-state index contributed by atoms with van der Waals surface area (Å²) in [4.78, 5) is 17.8. The number of amides is 1. The molecule has 0 aliphatic carbocycles. The number of ether oxygens (including phenoxy) is 1. The van der Waals surface area contributed by atoms with Crippen LogP contribution < -0.4 is 10.1 Å². The van der Waals surface area contributed by atoms with Crippen molar-refractivity contribution in [3.8, 4) is 5.75 Å². The predicted octanol–water partition coefficient (Wildman–Crippen LogP) is 4.70. The lowest BCUT2D eigenvalue weighted by molar-refractivity contribution is 0.102. The van der Waals surface area contributed by atoms with Crippen LogP contribution in [0.4, 0.5) is 5.69 Å². The fourth-order valence-electron chi connectivity index (χ4n) is 2.11. The van der Waals surface area contributed by atoms with E-state index in [0.717, 1.165) is 27.8 Å². The number of hydrogen-bond donors (Lipinski definition) is 1. The van der Waals surface area contributed by atoms with Gasteiger partial charge in [-0.2, -0.15) is 0 Å². The van der Waals surface area contributed by atoms with Crippen molar-refractivity contribution in [3.05, 3.63) is 70.7 Å². The number of methoxy groups -OCH3 is 1. The maximum atomic E-state index is 12.6. The Kier molecular flexibility index (Phi) is 5.51. The number of nitrogens with one attached hydrogen (secondary N) is 1. The van der Waals surface area contributed by atoms with E-state index in [0.29, 0.717) is 5.56 Å². The third kappa shape index (κ3) is 4.15. The normalized spacial score (nSPS) is 10.4. The Morgan fingerprint density at radius 1 is 1.21 bits per heavy atom. The van der Waals surface area contributed by atoms with E-state index in [1.807, 2.05) is 59.4 Å². The summed E-state index contributed by atoms with van der Waals surface area (Å²) in [5, 5.41) is 4.94. The van der Waals surface area contributed by atoms with Gasteiger partial charge in [0.05, 0.1) is 23.9 Å². The summed E-state index contributed by atoms with van der Waals surface area (Å²) in [6, 6.07) is 14.9.